The van der Waals surface area contributed by atoms with Gasteiger partial charge < -0.3 is 0 Å². The van der Waals surface area contributed by atoms with Crippen LogP contribution in [0.4, 0.5) is 0 Å². The summed E-state index contributed by atoms with van der Waals surface area (Å²) in [5.74, 6) is 1.69. The van der Waals surface area contributed by atoms with E-state index < -0.39 is 10.8 Å². The van der Waals surface area contributed by atoms with Gasteiger partial charge in [0.25, 0.3) is 0 Å². The smallest absolute Gasteiger partial charge is 0.0269 e. The van der Waals surface area contributed by atoms with Gasteiger partial charge in [-0.1, -0.05) is 63.8 Å². The van der Waals surface area contributed by atoms with E-state index in [-0.39, 0.29) is 0 Å². The summed E-state index contributed by atoms with van der Waals surface area (Å²) in [6.45, 7) is 5.83. The second-order valence-electron chi connectivity index (χ2n) is 4.07. The molecule has 0 amide bonds. The lowest BCUT2D eigenvalue weighted by atomic mass is 10.1. The minimum absolute atomic E-state index is 0.616. The average molecular weight is 242 g/mol. The van der Waals surface area contributed by atoms with Crippen LogP contribution in [0, 0.1) is 0 Å². The molecule has 0 heterocycles. The number of hydrogen-bond donors (Lipinski definition) is 0. The molecule has 0 aromatic carbocycles. The normalized spacial score (nSPS) is 13.1. The van der Waals surface area contributed by atoms with Crippen molar-refractivity contribution in [3.05, 3.63) is 24.8 Å². The molecule has 0 spiro atoms. The Hall–Kier alpha value is -0.370. The molecule has 1 atom stereocenters. The van der Waals surface area contributed by atoms with Crippen molar-refractivity contribution in [1.29, 1.82) is 0 Å². The third-order valence-corrected chi connectivity index (χ3v) is 3.94. The Morgan fingerprint density at radius 3 is 2.44 bits per heavy atom. The highest BCUT2D eigenvalue weighted by atomic mass is 32.2. The molecule has 0 aliphatic rings. The molecule has 0 saturated carbocycles. The molecule has 0 aliphatic heterocycles. The summed E-state index contributed by atoms with van der Waals surface area (Å²) in [6.07, 6.45) is 14.3. The third kappa shape index (κ3) is 11.7. The minimum Gasteiger partial charge on any atom is -0.260 e. The fourth-order valence-corrected chi connectivity index (χ4v) is 2.67. The van der Waals surface area contributed by atoms with Gasteiger partial charge in [0.2, 0.25) is 0 Å². The molecule has 0 fully saturated rings. The van der Waals surface area contributed by atoms with E-state index in [1.54, 1.807) is 6.08 Å². The van der Waals surface area contributed by atoms with Crippen LogP contribution < -0.4 is 0 Å². The van der Waals surface area contributed by atoms with Gasteiger partial charge in [-0.3, -0.25) is 4.21 Å². The molecular weight excluding hydrogens is 216 g/mol. The number of allylic oxidation sites excluding steroid dienone is 3. The summed E-state index contributed by atoms with van der Waals surface area (Å²) in [7, 11) is -0.616. The maximum atomic E-state index is 11.5. The maximum Gasteiger partial charge on any atom is 0.0269 e. The van der Waals surface area contributed by atoms with Crippen LogP contribution in [-0.2, 0) is 10.8 Å². The highest BCUT2D eigenvalue weighted by Gasteiger charge is 1.98. The fraction of sp³-hybridized carbons (Fsp3) is 0.714. The van der Waals surface area contributed by atoms with Gasteiger partial charge in [0.15, 0.2) is 0 Å². The van der Waals surface area contributed by atoms with Crippen LogP contribution in [-0.4, -0.2) is 15.7 Å². The van der Waals surface area contributed by atoms with Gasteiger partial charge in [0.05, 0.1) is 0 Å². The minimum atomic E-state index is -0.616. The lowest BCUT2D eigenvalue weighted by molar-refractivity contribution is 0.622. The van der Waals surface area contributed by atoms with Gasteiger partial charge in [0.1, 0.15) is 0 Å². The molecule has 0 N–H and O–H groups in total. The lowest BCUT2D eigenvalue weighted by Gasteiger charge is -2.01. The van der Waals surface area contributed by atoms with Crippen molar-refractivity contribution in [2.75, 3.05) is 11.5 Å². The third-order valence-electron chi connectivity index (χ3n) is 2.51. The highest BCUT2D eigenvalue weighted by molar-refractivity contribution is 7.84. The number of rotatable bonds is 11. The molecule has 2 heteroatoms. The number of unbranched alkanes of at least 4 members (excludes halogenated alkanes) is 5. The van der Waals surface area contributed by atoms with Gasteiger partial charge in [-0.15, -0.1) is 0 Å². The van der Waals surface area contributed by atoms with E-state index in [0.717, 1.165) is 24.3 Å². The largest absolute Gasteiger partial charge is 0.260 e. The van der Waals surface area contributed by atoms with Crippen molar-refractivity contribution in [3.63, 3.8) is 0 Å². The Morgan fingerprint density at radius 2 is 1.75 bits per heavy atom. The van der Waals surface area contributed by atoms with Crippen molar-refractivity contribution in [2.45, 2.75) is 51.9 Å². The van der Waals surface area contributed by atoms with E-state index in [2.05, 4.69) is 13.5 Å². The van der Waals surface area contributed by atoms with Crippen molar-refractivity contribution < 1.29 is 4.21 Å². The highest BCUT2D eigenvalue weighted by Crippen LogP contribution is 2.05. The molecule has 1 unspecified atom stereocenters. The van der Waals surface area contributed by atoms with Crippen LogP contribution in [0.1, 0.15) is 51.9 Å². The van der Waals surface area contributed by atoms with E-state index in [1.165, 1.54) is 32.1 Å². The predicted octanol–water partition coefficient (Wildman–Crippen LogP) is 4.23. The van der Waals surface area contributed by atoms with E-state index in [0.29, 0.717) is 0 Å². The van der Waals surface area contributed by atoms with Gasteiger partial charge in [-0.2, -0.15) is 0 Å². The van der Waals surface area contributed by atoms with Crippen LogP contribution in [0.25, 0.3) is 0 Å². The monoisotopic (exact) mass is 242 g/mol. The molecular formula is C14H26OS. The van der Waals surface area contributed by atoms with E-state index in [4.69, 9.17) is 0 Å². The zero-order chi connectivity index (χ0) is 12.1. The molecule has 0 aliphatic carbocycles. The average Bonchev–Trinajstić information content (AvgIpc) is 2.29. The fourth-order valence-electron chi connectivity index (χ4n) is 1.54. The zero-order valence-corrected chi connectivity index (χ0v) is 11.4. The second-order valence-corrected chi connectivity index (χ2v) is 5.76. The quantitative estimate of drug-likeness (QED) is 0.391. The van der Waals surface area contributed by atoms with Crippen LogP contribution in [0.15, 0.2) is 24.8 Å². The molecule has 16 heavy (non-hydrogen) atoms. The zero-order valence-electron chi connectivity index (χ0n) is 10.6. The lowest BCUT2D eigenvalue weighted by Crippen LogP contribution is -2.01. The Balaban J connectivity index is 3.23. The molecule has 0 radical (unpaired) electrons. The van der Waals surface area contributed by atoms with Crippen LogP contribution in [0.2, 0.25) is 0 Å². The molecule has 94 valence electrons. The molecule has 0 aromatic heterocycles. The van der Waals surface area contributed by atoms with E-state index in [1.807, 2.05) is 12.2 Å². The SMILES string of the molecule is C=CC=CCCS(=O)CCCCCCCC. The molecule has 0 bridgehead atoms. The molecule has 0 rings (SSSR count). The predicted molar refractivity (Wildman–Crippen MR) is 75.2 cm³/mol. The first-order chi connectivity index (χ1) is 7.81. The Morgan fingerprint density at radius 1 is 1.06 bits per heavy atom. The first kappa shape index (κ1) is 15.6. The summed E-state index contributed by atoms with van der Waals surface area (Å²) >= 11 is 0. The first-order valence-corrected chi connectivity index (χ1v) is 7.92. The van der Waals surface area contributed by atoms with Crippen LogP contribution in [0.5, 0.6) is 0 Å². The molecule has 1 nitrogen and oxygen atoms in total. The summed E-state index contributed by atoms with van der Waals surface area (Å²) in [4.78, 5) is 0. The van der Waals surface area contributed by atoms with Gasteiger partial charge in [0, 0.05) is 22.3 Å². The maximum absolute atomic E-state index is 11.5. The summed E-state index contributed by atoms with van der Waals surface area (Å²) < 4.78 is 11.5. The molecule has 0 saturated heterocycles. The number of hydrogen-bond acceptors (Lipinski definition) is 1. The van der Waals surface area contributed by atoms with E-state index >= 15 is 0 Å². The van der Waals surface area contributed by atoms with Gasteiger partial charge >= 0.3 is 0 Å². The van der Waals surface area contributed by atoms with Crippen molar-refractivity contribution in [1.82, 2.24) is 0 Å². The topological polar surface area (TPSA) is 17.1 Å². The van der Waals surface area contributed by atoms with E-state index in [9.17, 15) is 4.21 Å². The van der Waals surface area contributed by atoms with Gasteiger partial charge in [-0.05, 0) is 12.8 Å². The van der Waals surface area contributed by atoms with Crippen molar-refractivity contribution in [2.24, 2.45) is 0 Å². The second kappa shape index (κ2) is 12.7. The van der Waals surface area contributed by atoms with Crippen LogP contribution in [0.3, 0.4) is 0 Å². The summed E-state index contributed by atoms with van der Waals surface area (Å²) in [5.41, 5.74) is 0. The van der Waals surface area contributed by atoms with Crippen LogP contribution >= 0.6 is 0 Å². The van der Waals surface area contributed by atoms with Gasteiger partial charge in [-0.25, -0.2) is 0 Å². The Bertz CT molecular complexity index is 209. The first-order valence-electron chi connectivity index (χ1n) is 6.43. The Labute approximate surface area is 103 Å². The Kier molecular flexibility index (Phi) is 12.4. The van der Waals surface area contributed by atoms with Crippen molar-refractivity contribution >= 4 is 10.8 Å². The molecule has 0 aromatic rings. The standard InChI is InChI=1S/C14H26OS/c1-3-5-7-9-10-12-14-16(15)13-11-8-6-4-2/h4,6,8H,2-3,5,7,9-14H2,1H3. The summed E-state index contributed by atoms with van der Waals surface area (Å²) in [5, 5.41) is 0. The summed E-state index contributed by atoms with van der Waals surface area (Å²) in [6, 6.07) is 0. The van der Waals surface area contributed by atoms with Crippen molar-refractivity contribution in [3.8, 4) is 0 Å².